The van der Waals surface area contributed by atoms with E-state index in [4.69, 9.17) is 0 Å². The van der Waals surface area contributed by atoms with E-state index in [1.165, 1.54) is 18.4 Å². The van der Waals surface area contributed by atoms with Gasteiger partial charge < -0.3 is 5.32 Å². The summed E-state index contributed by atoms with van der Waals surface area (Å²) in [6, 6.07) is 0. The fourth-order valence-corrected chi connectivity index (χ4v) is 2.22. The molecule has 1 aliphatic rings. The maximum Gasteiger partial charge on any atom is 0.132 e. The van der Waals surface area contributed by atoms with Gasteiger partial charge in [0.15, 0.2) is 0 Å². The van der Waals surface area contributed by atoms with Gasteiger partial charge in [-0.1, -0.05) is 13.8 Å². The van der Waals surface area contributed by atoms with E-state index in [1.807, 2.05) is 12.4 Å². The summed E-state index contributed by atoms with van der Waals surface area (Å²) in [6.07, 6.45) is 7.52. The van der Waals surface area contributed by atoms with Crippen molar-refractivity contribution in [3.63, 3.8) is 0 Å². The lowest BCUT2D eigenvalue weighted by Crippen LogP contribution is -2.29. The summed E-state index contributed by atoms with van der Waals surface area (Å²) < 4.78 is 0. The van der Waals surface area contributed by atoms with Crippen molar-refractivity contribution in [3.05, 3.63) is 23.8 Å². The Morgan fingerprint density at radius 1 is 1.38 bits per heavy atom. The Hall–Kier alpha value is -0.960. The minimum atomic E-state index is 0.516. The van der Waals surface area contributed by atoms with E-state index in [2.05, 4.69) is 29.1 Å². The van der Waals surface area contributed by atoms with Crippen molar-refractivity contribution in [2.24, 2.45) is 5.92 Å². The Balaban J connectivity index is 2.00. The highest BCUT2D eigenvalue weighted by Gasteiger charge is 2.17. The van der Waals surface area contributed by atoms with Gasteiger partial charge in [0.05, 0.1) is 0 Å². The topological polar surface area (TPSA) is 37.8 Å². The standard InChI is InChI=1S/C13H21N3/c1-10(2)6-11-7-15-13(16-8-11)12-4-3-5-14-9-12/h7-8,10,12,14H,3-6,9H2,1-2H3. The van der Waals surface area contributed by atoms with Gasteiger partial charge in [0.25, 0.3) is 0 Å². The molecule has 3 nitrogen and oxygen atoms in total. The SMILES string of the molecule is CC(C)Cc1cnc(C2CCCNC2)nc1. The molecule has 2 rings (SSSR count). The molecule has 0 radical (unpaired) electrons. The second-order valence-electron chi connectivity index (χ2n) is 5.09. The molecule has 0 aliphatic carbocycles. The molecule has 0 spiro atoms. The van der Waals surface area contributed by atoms with Crippen molar-refractivity contribution in [3.8, 4) is 0 Å². The second kappa shape index (κ2) is 5.39. The van der Waals surface area contributed by atoms with Crippen LogP contribution in [0.4, 0.5) is 0 Å². The summed E-state index contributed by atoms with van der Waals surface area (Å²) >= 11 is 0. The van der Waals surface area contributed by atoms with Crippen LogP contribution in [0.1, 0.15) is 44.0 Å². The van der Waals surface area contributed by atoms with Crippen LogP contribution in [0.2, 0.25) is 0 Å². The maximum absolute atomic E-state index is 4.50. The molecule has 1 fully saturated rings. The third-order valence-electron chi connectivity index (χ3n) is 3.03. The average molecular weight is 219 g/mol. The summed E-state index contributed by atoms with van der Waals surface area (Å²) in [5, 5.41) is 3.40. The summed E-state index contributed by atoms with van der Waals surface area (Å²) in [6.45, 7) is 6.61. The molecule has 1 aromatic heterocycles. The molecular formula is C13H21N3. The van der Waals surface area contributed by atoms with E-state index in [1.54, 1.807) is 0 Å². The molecule has 3 heteroatoms. The second-order valence-corrected chi connectivity index (χ2v) is 5.09. The van der Waals surface area contributed by atoms with E-state index in [-0.39, 0.29) is 0 Å². The molecule has 0 aromatic carbocycles. The van der Waals surface area contributed by atoms with Crippen LogP contribution in [-0.4, -0.2) is 23.1 Å². The Morgan fingerprint density at radius 2 is 2.12 bits per heavy atom. The van der Waals surface area contributed by atoms with Gasteiger partial charge in [-0.2, -0.15) is 0 Å². The van der Waals surface area contributed by atoms with E-state index in [0.717, 1.165) is 25.3 Å². The molecule has 1 N–H and O–H groups in total. The molecule has 1 aliphatic heterocycles. The van der Waals surface area contributed by atoms with Crippen LogP contribution >= 0.6 is 0 Å². The van der Waals surface area contributed by atoms with Gasteiger partial charge in [-0.15, -0.1) is 0 Å². The van der Waals surface area contributed by atoms with E-state index < -0.39 is 0 Å². The van der Waals surface area contributed by atoms with Gasteiger partial charge in [-0.05, 0) is 37.3 Å². The predicted octanol–water partition coefficient (Wildman–Crippen LogP) is 2.14. The fraction of sp³-hybridized carbons (Fsp3) is 0.692. The molecule has 0 saturated carbocycles. The van der Waals surface area contributed by atoms with Crippen LogP contribution in [0.25, 0.3) is 0 Å². The van der Waals surface area contributed by atoms with E-state index in [9.17, 15) is 0 Å². The Labute approximate surface area is 97.7 Å². The first-order valence-electron chi connectivity index (χ1n) is 6.27. The highest BCUT2D eigenvalue weighted by atomic mass is 14.9. The van der Waals surface area contributed by atoms with E-state index in [0.29, 0.717) is 11.8 Å². The molecule has 1 unspecified atom stereocenters. The molecule has 0 amide bonds. The lowest BCUT2D eigenvalue weighted by atomic mass is 9.98. The van der Waals surface area contributed by atoms with Gasteiger partial charge in [-0.3, -0.25) is 0 Å². The molecular weight excluding hydrogens is 198 g/mol. The van der Waals surface area contributed by atoms with Gasteiger partial charge in [0.2, 0.25) is 0 Å². The molecule has 88 valence electrons. The molecule has 16 heavy (non-hydrogen) atoms. The van der Waals surface area contributed by atoms with Crippen molar-refractivity contribution in [2.45, 2.75) is 39.0 Å². The molecule has 1 atom stereocenters. The van der Waals surface area contributed by atoms with Crippen LogP contribution < -0.4 is 5.32 Å². The zero-order chi connectivity index (χ0) is 11.4. The highest BCUT2D eigenvalue weighted by Crippen LogP contribution is 2.19. The first-order chi connectivity index (χ1) is 7.75. The fourth-order valence-electron chi connectivity index (χ4n) is 2.22. The van der Waals surface area contributed by atoms with Crippen molar-refractivity contribution < 1.29 is 0 Å². The van der Waals surface area contributed by atoms with Crippen LogP contribution in [0.3, 0.4) is 0 Å². The van der Waals surface area contributed by atoms with Crippen molar-refractivity contribution >= 4 is 0 Å². The number of aromatic nitrogens is 2. The van der Waals surface area contributed by atoms with Crippen LogP contribution in [0.15, 0.2) is 12.4 Å². The van der Waals surface area contributed by atoms with Crippen LogP contribution in [0.5, 0.6) is 0 Å². The van der Waals surface area contributed by atoms with Gasteiger partial charge >= 0.3 is 0 Å². The first-order valence-corrected chi connectivity index (χ1v) is 6.27. The highest BCUT2D eigenvalue weighted by molar-refractivity contribution is 5.08. The monoisotopic (exact) mass is 219 g/mol. The summed E-state index contributed by atoms with van der Waals surface area (Å²) in [7, 11) is 0. The number of hydrogen-bond acceptors (Lipinski definition) is 3. The Bertz CT molecular complexity index is 312. The first kappa shape index (κ1) is 11.5. The van der Waals surface area contributed by atoms with Crippen molar-refractivity contribution in [2.75, 3.05) is 13.1 Å². The number of nitrogens with zero attached hydrogens (tertiary/aromatic N) is 2. The normalized spacial score (nSPS) is 21.3. The lowest BCUT2D eigenvalue weighted by molar-refractivity contribution is 0.446. The Kier molecular flexibility index (Phi) is 3.88. The molecule has 0 bridgehead atoms. The zero-order valence-electron chi connectivity index (χ0n) is 10.2. The summed E-state index contributed by atoms with van der Waals surface area (Å²) in [4.78, 5) is 9.01. The minimum absolute atomic E-state index is 0.516. The third-order valence-corrected chi connectivity index (χ3v) is 3.03. The van der Waals surface area contributed by atoms with Gasteiger partial charge in [0.1, 0.15) is 5.82 Å². The number of hydrogen-bond donors (Lipinski definition) is 1. The quantitative estimate of drug-likeness (QED) is 0.846. The van der Waals surface area contributed by atoms with Crippen LogP contribution in [0, 0.1) is 5.92 Å². The van der Waals surface area contributed by atoms with Crippen molar-refractivity contribution in [1.82, 2.24) is 15.3 Å². The minimum Gasteiger partial charge on any atom is -0.316 e. The van der Waals surface area contributed by atoms with Gasteiger partial charge in [-0.25, -0.2) is 9.97 Å². The summed E-state index contributed by atoms with van der Waals surface area (Å²) in [5.74, 6) is 2.20. The van der Waals surface area contributed by atoms with Crippen molar-refractivity contribution in [1.29, 1.82) is 0 Å². The maximum atomic E-state index is 4.50. The van der Waals surface area contributed by atoms with Crippen LogP contribution in [-0.2, 0) is 6.42 Å². The summed E-state index contributed by atoms with van der Waals surface area (Å²) in [5.41, 5.74) is 1.25. The largest absolute Gasteiger partial charge is 0.316 e. The molecule has 2 heterocycles. The zero-order valence-corrected chi connectivity index (χ0v) is 10.2. The number of rotatable bonds is 3. The average Bonchev–Trinajstić information content (AvgIpc) is 2.30. The molecule has 1 saturated heterocycles. The number of nitrogens with one attached hydrogen (secondary N) is 1. The molecule has 1 aromatic rings. The number of piperidine rings is 1. The van der Waals surface area contributed by atoms with E-state index >= 15 is 0 Å². The van der Waals surface area contributed by atoms with Gasteiger partial charge in [0, 0.05) is 24.9 Å². The lowest BCUT2D eigenvalue weighted by Gasteiger charge is -2.21. The Morgan fingerprint density at radius 3 is 2.69 bits per heavy atom. The smallest absolute Gasteiger partial charge is 0.132 e. The predicted molar refractivity (Wildman–Crippen MR) is 65.4 cm³/mol. The third kappa shape index (κ3) is 3.01.